The smallest absolute Gasteiger partial charge is 0.404 e. The summed E-state index contributed by atoms with van der Waals surface area (Å²) in [6, 6.07) is 5.58. The number of hydrogen-bond donors (Lipinski definition) is 2. The lowest BCUT2D eigenvalue weighted by molar-refractivity contribution is 0.149. The molecule has 1 aromatic carbocycles. The third kappa shape index (κ3) is 4.77. The number of nitrogens with one attached hydrogen (secondary N) is 1. The van der Waals surface area contributed by atoms with Crippen LogP contribution >= 0.6 is 50.9 Å². The molecule has 1 aliphatic heterocycles. The van der Waals surface area contributed by atoms with Crippen molar-refractivity contribution in [3.05, 3.63) is 38.5 Å². The number of halogens is 3. The largest absolute Gasteiger partial charge is 0.465 e. The minimum absolute atomic E-state index is 0.0460. The number of aromatic nitrogens is 2. The Morgan fingerprint density at radius 2 is 2.03 bits per heavy atom. The van der Waals surface area contributed by atoms with Crippen LogP contribution in [0.25, 0.3) is 0 Å². The summed E-state index contributed by atoms with van der Waals surface area (Å²) < 4.78 is 0.696. The van der Waals surface area contributed by atoms with Gasteiger partial charge in [0.1, 0.15) is 9.63 Å². The Labute approximate surface area is 204 Å². The third-order valence-corrected chi connectivity index (χ3v) is 8.96. The molecule has 166 valence electrons. The van der Waals surface area contributed by atoms with Crippen LogP contribution in [-0.2, 0) is 0 Å². The predicted molar refractivity (Wildman–Crippen MR) is 128 cm³/mol. The average molecular weight is 546 g/mol. The molecule has 6 nitrogen and oxygen atoms in total. The maximum atomic E-state index is 11.2. The first-order valence-corrected chi connectivity index (χ1v) is 12.6. The molecule has 1 atom stereocenters. The van der Waals surface area contributed by atoms with Crippen molar-refractivity contribution in [3.63, 3.8) is 0 Å². The van der Waals surface area contributed by atoms with Gasteiger partial charge in [0.2, 0.25) is 0 Å². The Kier molecular flexibility index (Phi) is 6.91. The molecule has 1 aliphatic carbocycles. The summed E-state index contributed by atoms with van der Waals surface area (Å²) in [5.74, 6) is 0.828. The minimum Gasteiger partial charge on any atom is -0.465 e. The van der Waals surface area contributed by atoms with Crippen molar-refractivity contribution >= 4 is 62.8 Å². The number of anilines is 1. The molecule has 1 amide bonds. The van der Waals surface area contributed by atoms with Crippen LogP contribution in [0.5, 0.6) is 0 Å². The van der Waals surface area contributed by atoms with Crippen molar-refractivity contribution in [2.45, 2.75) is 55.0 Å². The Bertz CT molecular complexity index is 1000. The van der Waals surface area contributed by atoms with Crippen molar-refractivity contribution in [3.8, 4) is 0 Å². The van der Waals surface area contributed by atoms with Gasteiger partial charge < -0.3 is 15.3 Å². The first-order valence-electron chi connectivity index (χ1n) is 10.2. The number of carbonyl (C=O) groups is 1. The van der Waals surface area contributed by atoms with Gasteiger partial charge in [-0.25, -0.2) is 14.8 Å². The van der Waals surface area contributed by atoms with Gasteiger partial charge in [0.15, 0.2) is 5.82 Å². The molecular formula is C21H23BrCl2N4O2S. The van der Waals surface area contributed by atoms with Crippen LogP contribution in [0.1, 0.15) is 37.8 Å². The molecule has 2 heterocycles. The summed E-state index contributed by atoms with van der Waals surface area (Å²) >= 11 is 17.5. The number of benzene rings is 1. The van der Waals surface area contributed by atoms with E-state index >= 15 is 0 Å². The number of amides is 1. The van der Waals surface area contributed by atoms with Gasteiger partial charge in [-0.3, -0.25) is 0 Å². The van der Waals surface area contributed by atoms with Crippen LogP contribution in [0.3, 0.4) is 0 Å². The molecule has 0 bridgehead atoms. The van der Waals surface area contributed by atoms with Gasteiger partial charge in [-0.2, -0.15) is 0 Å². The van der Waals surface area contributed by atoms with Gasteiger partial charge >= 0.3 is 6.09 Å². The van der Waals surface area contributed by atoms with Gasteiger partial charge in [0, 0.05) is 24.0 Å². The number of carboxylic acid groups (broad SMARTS) is 1. The summed E-state index contributed by atoms with van der Waals surface area (Å²) in [7, 11) is 0. The maximum absolute atomic E-state index is 11.2. The van der Waals surface area contributed by atoms with E-state index in [1.165, 1.54) is 11.8 Å². The molecule has 1 saturated carbocycles. The third-order valence-electron chi connectivity index (χ3n) is 6.35. The lowest BCUT2D eigenvalue weighted by Gasteiger charge is -2.43. The molecule has 0 radical (unpaired) electrons. The molecule has 2 aliphatic rings. The van der Waals surface area contributed by atoms with E-state index in [0.29, 0.717) is 14.6 Å². The Morgan fingerprint density at radius 1 is 1.29 bits per heavy atom. The monoisotopic (exact) mass is 544 g/mol. The summed E-state index contributed by atoms with van der Waals surface area (Å²) in [5, 5.41) is 13.7. The summed E-state index contributed by atoms with van der Waals surface area (Å²) in [5.41, 5.74) is 0.883. The van der Waals surface area contributed by atoms with Crippen molar-refractivity contribution in [2.75, 3.05) is 18.0 Å². The molecule has 1 aromatic heterocycles. The van der Waals surface area contributed by atoms with Gasteiger partial charge in [0.25, 0.3) is 0 Å². The number of piperidine rings is 1. The predicted octanol–water partition coefficient (Wildman–Crippen LogP) is 6.41. The molecule has 0 unspecified atom stereocenters. The second-order valence-electron chi connectivity index (χ2n) is 8.13. The normalized spacial score (nSPS) is 20.3. The first kappa shape index (κ1) is 23.0. The second-order valence-corrected chi connectivity index (χ2v) is 10.7. The fourth-order valence-electron chi connectivity index (χ4n) is 4.71. The van der Waals surface area contributed by atoms with Crippen LogP contribution in [0, 0.1) is 12.3 Å². The molecule has 4 rings (SSSR count). The number of aryl methyl sites for hydroxylation is 1. The van der Waals surface area contributed by atoms with E-state index in [1.807, 2.05) is 19.1 Å². The molecule has 2 fully saturated rings. The van der Waals surface area contributed by atoms with E-state index in [2.05, 4.69) is 26.1 Å². The molecule has 2 aromatic rings. The quantitative estimate of drug-likeness (QED) is 0.462. The molecule has 10 heteroatoms. The van der Waals surface area contributed by atoms with Crippen LogP contribution < -0.4 is 10.2 Å². The molecule has 2 N–H and O–H groups in total. The molecule has 1 saturated heterocycles. The molecule has 31 heavy (non-hydrogen) atoms. The van der Waals surface area contributed by atoms with Crippen molar-refractivity contribution in [1.82, 2.24) is 15.3 Å². The standard InChI is InChI=1S/C21H23BrCl2N4O2S/c1-12-19(31-14-5-2-4-13(23)16(14)24)27-17(22)18(25-12)28-10-8-21(9-11-28)7-3-6-15(21)26-20(29)30/h2,4-5,15,26H,3,6-11H2,1H3,(H,29,30)/t15-/m1/s1. The van der Waals surface area contributed by atoms with Gasteiger partial charge in [-0.1, -0.05) is 47.5 Å². The van der Waals surface area contributed by atoms with E-state index in [9.17, 15) is 9.90 Å². The number of rotatable bonds is 4. The van der Waals surface area contributed by atoms with E-state index < -0.39 is 6.09 Å². The lowest BCUT2D eigenvalue weighted by Crippen LogP contribution is -2.50. The zero-order valence-electron chi connectivity index (χ0n) is 17.0. The topological polar surface area (TPSA) is 78.4 Å². The first-order chi connectivity index (χ1) is 14.8. The Hall–Kier alpha value is -1.22. The van der Waals surface area contributed by atoms with Crippen molar-refractivity contribution in [1.29, 1.82) is 0 Å². The molecule has 1 spiro atoms. The Balaban J connectivity index is 1.49. The van der Waals surface area contributed by atoms with Gasteiger partial charge in [-0.05, 0) is 66.1 Å². The molecular weight excluding hydrogens is 523 g/mol. The van der Waals surface area contributed by atoms with Crippen LogP contribution in [-0.4, -0.2) is 40.3 Å². The highest BCUT2D eigenvalue weighted by Crippen LogP contribution is 2.47. The highest BCUT2D eigenvalue weighted by atomic mass is 79.9. The van der Waals surface area contributed by atoms with E-state index in [-0.39, 0.29) is 11.5 Å². The fraction of sp³-hybridized carbons (Fsp3) is 0.476. The van der Waals surface area contributed by atoms with E-state index in [4.69, 9.17) is 33.2 Å². The van der Waals surface area contributed by atoms with E-state index in [1.54, 1.807) is 6.07 Å². The second kappa shape index (κ2) is 9.33. The van der Waals surface area contributed by atoms with Gasteiger partial charge in [-0.15, -0.1) is 0 Å². The number of hydrogen-bond acceptors (Lipinski definition) is 5. The Morgan fingerprint density at radius 3 is 2.74 bits per heavy atom. The van der Waals surface area contributed by atoms with Crippen LogP contribution in [0.4, 0.5) is 10.6 Å². The summed E-state index contributed by atoms with van der Waals surface area (Å²) in [6.07, 6.45) is 4.04. The van der Waals surface area contributed by atoms with E-state index in [0.717, 1.165) is 66.6 Å². The SMILES string of the molecule is Cc1nc(N2CCC3(CCC[C@H]3NC(=O)O)CC2)c(Br)nc1Sc1cccc(Cl)c1Cl. The highest BCUT2D eigenvalue weighted by molar-refractivity contribution is 9.10. The zero-order valence-corrected chi connectivity index (χ0v) is 20.9. The van der Waals surface area contributed by atoms with Gasteiger partial charge in [0.05, 0.1) is 15.7 Å². The number of nitrogens with zero attached hydrogens (tertiary/aromatic N) is 3. The van der Waals surface area contributed by atoms with Crippen molar-refractivity contribution in [2.24, 2.45) is 5.41 Å². The van der Waals surface area contributed by atoms with Crippen LogP contribution in [0.2, 0.25) is 10.0 Å². The minimum atomic E-state index is -0.925. The lowest BCUT2D eigenvalue weighted by atomic mass is 9.74. The summed E-state index contributed by atoms with van der Waals surface area (Å²) in [4.78, 5) is 23.8. The van der Waals surface area contributed by atoms with Crippen LogP contribution in [0.15, 0.2) is 32.7 Å². The zero-order chi connectivity index (χ0) is 22.2. The fourth-order valence-corrected chi connectivity index (χ4v) is 6.70. The maximum Gasteiger partial charge on any atom is 0.404 e. The highest BCUT2D eigenvalue weighted by Gasteiger charge is 2.45. The average Bonchev–Trinajstić information content (AvgIpc) is 3.09. The van der Waals surface area contributed by atoms with Crippen molar-refractivity contribution < 1.29 is 9.90 Å². The summed E-state index contributed by atoms with van der Waals surface area (Å²) in [6.45, 7) is 3.60.